The zero-order valence-electron chi connectivity index (χ0n) is 22.2. The number of fused-ring (bicyclic) bond motifs is 2. The van der Waals surface area contributed by atoms with E-state index in [-0.39, 0.29) is 11.9 Å². The van der Waals surface area contributed by atoms with Crippen LogP contribution in [-0.2, 0) is 17.6 Å². The van der Waals surface area contributed by atoms with Gasteiger partial charge in [-0.2, -0.15) is 0 Å². The van der Waals surface area contributed by atoms with E-state index in [9.17, 15) is 13.6 Å². The lowest BCUT2D eigenvalue weighted by Gasteiger charge is -2.37. The zero-order valence-corrected chi connectivity index (χ0v) is 23.0. The summed E-state index contributed by atoms with van der Waals surface area (Å²) in [4.78, 5) is 25.9. The van der Waals surface area contributed by atoms with Gasteiger partial charge >= 0.3 is 0 Å². The second-order valence-corrected chi connectivity index (χ2v) is 11.6. The fourth-order valence-electron chi connectivity index (χ4n) is 6.36. The van der Waals surface area contributed by atoms with Gasteiger partial charge in [-0.3, -0.25) is 4.79 Å². The van der Waals surface area contributed by atoms with Crippen molar-refractivity contribution in [1.29, 1.82) is 0 Å². The molecule has 0 radical (unpaired) electrons. The molecule has 0 N–H and O–H groups in total. The topological polar surface area (TPSA) is 77.0 Å². The van der Waals surface area contributed by atoms with Gasteiger partial charge in [0.15, 0.2) is 11.6 Å². The number of rotatable bonds is 4. The molecule has 3 aromatic heterocycles. The van der Waals surface area contributed by atoms with Crippen molar-refractivity contribution in [3.63, 3.8) is 0 Å². The summed E-state index contributed by atoms with van der Waals surface area (Å²) in [5.41, 5.74) is 7.91. The lowest BCUT2D eigenvalue weighted by molar-refractivity contribution is -0.120. The second kappa shape index (κ2) is 9.62. The minimum absolute atomic E-state index is 0.120. The minimum Gasteiger partial charge on any atom is -0.361 e. The van der Waals surface area contributed by atoms with Crippen LogP contribution in [0.2, 0.25) is 0 Å². The molecule has 1 aliphatic carbocycles. The summed E-state index contributed by atoms with van der Waals surface area (Å²) in [5.74, 6) is -0.528. The van der Waals surface area contributed by atoms with Crippen molar-refractivity contribution in [1.82, 2.24) is 19.7 Å². The van der Waals surface area contributed by atoms with Crippen LogP contribution in [0.3, 0.4) is 0 Å². The van der Waals surface area contributed by atoms with E-state index in [0.29, 0.717) is 24.9 Å². The first-order chi connectivity index (χ1) is 19.4. The van der Waals surface area contributed by atoms with Crippen molar-refractivity contribution in [3.8, 4) is 11.1 Å². The summed E-state index contributed by atoms with van der Waals surface area (Å²) in [6.07, 6.45) is 4.31. The second-order valence-electron chi connectivity index (χ2n) is 10.6. The maximum atomic E-state index is 14.3. The molecule has 0 unspecified atom stereocenters. The van der Waals surface area contributed by atoms with Gasteiger partial charge in [-0.1, -0.05) is 11.2 Å². The average molecular weight is 560 g/mol. The molecule has 7 nitrogen and oxygen atoms in total. The highest BCUT2D eigenvalue weighted by atomic mass is 32.1. The number of nitrogens with zero attached hydrogens (tertiary/aromatic N) is 5. The number of carbonyl (C=O) groups excluding carboxylic acids is 1. The first-order valence-corrected chi connectivity index (χ1v) is 14.4. The first-order valence-electron chi connectivity index (χ1n) is 13.5. The molecule has 40 heavy (non-hydrogen) atoms. The number of carbonyl (C=O) groups is 1. The van der Waals surface area contributed by atoms with Gasteiger partial charge in [0.1, 0.15) is 11.6 Å². The van der Waals surface area contributed by atoms with Crippen LogP contribution >= 0.6 is 11.3 Å². The van der Waals surface area contributed by atoms with Crippen molar-refractivity contribution < 1.29 is 18.1 Å². The van der Waals surface area contributed by atoms with E-state index in [0.717, 1.165) is 76.5 Å². The summed E-state index contributed by atoms with van der Waals surface area (Å²) in [6.45, 7) is 3.81. The largest absolute Gasteiger partial charge is 0.361 e. The van der Waals surface area contributed by atoms with E-state index >= 15 is 0 Å². The average Bonchev–Trinajstić information content (AvgIpc) is 3.66. The molecular formula is C30H27F2N5O2S. The number of hydrogen-bond donors (Lipinski definition) is 0. The maximum absolute atomic E-state index is 14.3. The highest BCUT2D eigenvalue weighted by Gasteiger charge is 2.37. The third-order valence-corrected chi connectivity index (χ3v) is 9.09. The Morgan fingerprint density at radius 3 is 2.73 bits per heavy atom. The van der Waals surface area contributed by atoms with Gasteiger partial charge < -0.3 is 14.0 Å². The van der Waals surface area contributed by atoms with Gasteiger partial charge in [-0.25, -0.2) is 18.7 Å². The Balaban J connectivity index is 1.40. The summed E-state index contributed by atoms with van der Waals surface area (Å²) in [5, 5.41) is 4.12. The van der Waals surface area contributed by atoms with E-state index in [1.165, 1.54) is 10.9 Å². The number of hydrogen-bond acceptors (Lipinski definition) is 6. The van der Waals surface area contributed by atoms with Crippen LogP contribution in [0.25, 0.3) is 22.2 Å². The Labute approximate surface area is 233 Å². The van der Waals surface area contributed by atoms with E-state index < -0.39 is 17.7 Å². The normalized spacial score (nSPS) is 19.4. The van der Waals surface area contributed by atoms with E-state index in [4.69, 9.17) is 9.51 Å². The number of halogens is 2. The van der Waals surface area contributed by atoms with Gasteiger partial charge in [-0.05, 0) is 69.4 Å². The van der Waals surface area contributed by atoms with Crippen LogP contribution < -0.4 is 4.90 Å². The number of aromatic nitrogens is 4. The van der Waals surface area contributed by atoms with Crippen LogP contribution in [-0.4, -0.2) is 25.6 Å². The minimum atomic E-state index is -0.975. The molecule has 1 amide bonds. The molecule has 1 aliphatic heterocycles. The van der Waals surface area contributed by atoms with Crippen LogP contribution in [0.1, 0.15) is 65.6 Å². The van der Waals surface area contributed by atoms with E-state index in [1.54, 1.807) is 16.2 Å². The standard InChI is InChI=1S/C30H27F2N5O2S/c1-16-29(17(2)39-35-16)18-6-11-25-24(12-18)34-30(37(25)20-8-10-23-27(14-20)40-15-33-23)26-4-3-5-28(38)36(26)19-7-9-21(31)22(32)13-19/h6-7,9,11-13,15,20,26H,3-5,8,10,14H2,1-2H3/t20-,26+/m1/s1. The number of benzene rings is 2. The summed E-state index contributed by atoms with van der Waals surface area (Å²) in [7, 11) is 0. The SMILES string of the molecule is Cc1noc(C)c1-c1ccc2c(c1)nc([C@@H]1CCCC(=O)N1c1ccc(F)c(F)c1)n2[C@@H]1CCc2ncsc2C1. The van der Waals surface area contributed by atoms with Gasteiger partial charge in [0.2, 0.25) is 5.91 Å². The molecule has 5 aromatic rings. The third-order valence-electron chi connectivity index (χ3n) is 8.19. The predicted molar refractivity (Wildman–Crippen MR) is 148 cm³/mol. The van der Waals surface area contributed by atoms with Crippen molar-refractivity contribution >= 4 is 34.0 Å². The molecular weight excluding hydrogens is 532 g/mol. The Bertz CT molecular complexity index is 1750. The van der Waals surface area contributed by atoms with E-state index in [1.807, 2.05) is 19.4 Å². The maximum Gasteiger partial charge on any atom is 0.227 e. The highest BCUT2D eigenvalue weighted by molar-refractivity contribution is 7.09. The van der Waals surface area contributed by atoms with Crippen molar-refractivity contribution in [2.75, 3.05) is 4.90 Å². The molecule has 7 rings (SSSR count). The van der Waals surface area contributed by atoms with Crippen LogP contribution in [0, 0.1) is 25.5 Å². The quantitative estimate of drug-likeness (QED) is 0.236. The van der Waals surface area contributed by atoms with Crippen LogP contribution in [0.15, 0.2) is 46.4 Å². The van der Waals surface area contributed by atoms with Gasteiger partial charge in [0, 0.05) is 41.1 Å². The number of anilines is 1. The van der Waals surface area contributed by atoms with Gasteiger partial charge in [-0.15, -0.1) is 11.3 Å². The summed E-state index contributed by atoms with van der Waals surface area (Å²) >= 11 is 1.67. The zero-order chi connectivity index (χ0) is 27.5. The van der Waals surface area contributed by atoms with Crippen LogP contribution in [0.5, 0.6) is 0 Å². The highest BCUT2D eigenvalue weighted by Crippen LogP contribution is 2.42. The van der Waals surface area contributed by atoms with Crippen molar-refractivity contribution in [2.24, 2.45) is 0 Å². The Morgan fingerprint density at radius 2 is 1.93 bits per heavy atom. The molecule has 1 saturated heterocycles. The monoisotopic (exact) mass is 559 g/mol. The van der Waals surface area contributed by atoms with Crippen molar-refractivity contribution in [2.45, 2.75) is 64.5 Å². The fourth-order valence-corrected chi connectivity index (χ4v) is 7.25. The summed E-state index contributed by atoms with van der Waals surface area (Å²) in [6, 6.07) is 9.58. The molecule has 1 fully saturated rings. The first kappa shape index (κ1) is 25.1. The molecule has 0 saturated carbocycles. The van der Waals surface area contributed by atoms with E-state index in [2.05, 4.69) is 32.9 Å². The molecule has 0 bridgehead atoms. The van der Waals surface area contributed by atoms with Gasteiger partial charge in [0.25, 0.3) is 0 Å². The Hall–Kier alpha value is -3.92. The molecule has 2 aromatic carbocycles. The third kappa shape index (κ3) is 4.04. The number of amides is 1. The molecule has 2 aliphatic rings. The Morgan fingerprint density at radius 1 is 1.05 bits per heavy atom. The molecule has 0 spiro atoms. The lowest BCUT2D eigenvalue weighted by atomic mass is 9.95. The smallest absolute Gasteiger partial charge is 0.227 e. The number of imidazole rings is 1. The molecule has 4 heterocycles. The Kier molecular flexibility index (Phi) is 6.03. The number of thiazole rings is 1. The fraction of sp³-hybridized carbons (Fsp3) is 0.333. The lowest BCUT2D eigenvalue weighted by Crippen LogP contribution is -2.40. The molecule has 10 heteroatoms. The predicted octanol–water partition coefficient (Wildman–Crippen LogP) is 7.03. The van der Waals surface area contributed by atoms with Crippen LogP contribution in [0.4, 0.5) is 14.5 Å². The summed E-state index contributed by atoms with van der Waals surface area (Å²) < 4.78 is 35.9. The molecule has 204 valence electrons. The van der Waals surface area contributed by atoms with Crippen molar-refractivity contribution in [3.05, 3.63) is 81.4 Å². The van der Waals surface area contributed by atoms with Gasteiger partial charge in [0.05, 0.1) is 34.0 Å². The molecule has 2 atom stereocenters. The number of piperidine rings is 1. The number of aryl methyl sites for hydroxylation is 3.